The van der Waals surface area contributed by atoms with Crippen molar-refractivity contribution in [1.29, 1.82) is 0 Å². The van der Waals surface area contributed by atoms with Crippen LogP contribution in [0.3, 0.4) is 0 Å². The van der Waals surface area contributed by atoms with Gasteiger partial charge in [0.15, 0.2) is 0 Å². The number of fused-ring (bicyclic) bond motifs is 2. The van der Waals surface area contributed by atoms with Crippen LogP contribution in [0.5, 0.6) is 5.88 Å². The van der Waals surface area contributed by atoms with E-state index in [1.54, 1.807) is 4.90 Å². The van der Waals surface area contributed by atoms with E-state index in [1.807, 2.05) is 12.1 Å². The van der Waals surface area contributed by atoms with Gasteiger partial charge in [-0.2, -0.15) is 0 Å². The predicted octanol–water partition coefficient (Wildman–Crippen LogP) is 3.10. The van der Waals surface area contributed by atoms with Crippen LogP contribution < -0.4 is 15.4 Å². The van der Waals surface area contributed by atoms with Crippen molar-refractivity contribution in [3.63, 3.8) is 0 Å². The molecular weight excluding hydrogens is 342 g/mol. The number of rotatable bonds is 2. The summed E-state index contributed by atoms with van der Waals surface area (Å²) in [5, 5.41) is 1.09. The maximum Gasteiger partial charge on any atom is 0.267 e. The van der Waals surface area contributed by atoms with Crippen LogP contribution in [0.15, 0.2) is 36.8 Å². The Hall–Kier alpha value is -3.09. The number of carbonyl (C=O) groups is 1. The van der Waals surface area contributed by atoms with E-state index in [0.29, 0.717) is 13.2 Å². The molecule has 7 heteroatoms. The summed E-state index contributed by atoms with van der Waals surface area (Å²) < 4.78 is 7.84. The summed E-state index contributed by atoms with van der Waals surface area (Å²) in [6.07, 6.45) is 3.40. The van der Waals surface area contributed by atoms with Crippen LogP contribution in [0.25, 0.3) is 10.9 Å². The lowest BCUT2D eigenvalue weighted by atomic mass is 9.97. The minimum atomic E-state index is -0.242. The van der Waals surface area contributed by atoms with E-state index >= 15 is 0 Å². The number of anilines is 2. The first-order valence-electron chi connectivity index (χ1n) is 8.97. The van der Waals surface area contributed by atoms with Crippen molar-refractivity contribution in [2.45, 2.75) is 27.3 Å². The molecule has 2 aromatic heterocycles. The summed E-state index contributed by atoms with van der Waals surface area (Å²) in [4.78, 5) is 22.7. The van der Waals surface area contributed by atoms with Crippen molar-refractivity contribution in [2.24, 2.45) is 5.41 Å². The second kappa shape index (κ2) is 6.26. The Bertz CT molecular complexity index is 1020. The molecule has 7 nitrogen and oxygen atoms in total. The minimum absolute atomic E-state index is 0.134. The van der Waals surface area contributed by atoms with Crippen LogP contribution >= 0.6 is 0 Å². The van der Waals surface area contributed by atoms with Gasteiger partial charge in [-0.25, -0.2) is 9.97 Å². The molecule has 2 N–H and O–H groups in total. The molecule has 4 rings (SSSR count). The van der Waals surface area contributed by atoms with Crippen LogP contribution in [0, 0.1) is 5.41 Å². The number of aromatic nitrogens is 3. The number of benzene rings is 1. The third kappa shape index (κ3) is 3.20. The number of nitrogens with two attached hydrogens (primary N) is 1. The molecule has 3 aromatic rings. The van der Waals surface area contributed by atoms with Gasteiger partial charge in [0, 0.05) is 29.3 Å². The van der Waals surface area contributed by atoms with E-state index in [9.17, 15) is 4.79 Å². The second-order valence-electron chi connectivity index (χ2n) is 7.99. The molecule has 0 spiro atoms. The zero-order chi connectivity index (χ0) is 19.2. The number of hydrogen-bond acceptors (Lipinski definition) is 5. The first-order valence-corrected chi connectivity index (χ1v) is 8.97. The number of hydrogen-bond donors (Lipinski definition) is 1. The molecule has 1 aliphatic heterocycles. The van der Waals surface area contributed by atoms with Gasteiger partial charge in [0.25, 0.3) is 5.91 Å². The molecule has 1 aromatic carbocycles. The van der Waals surface area contributed by atoms with E-state index in [-0.39, 0.29) is 28.6 Å². The topological polar surface area (TPSA) is 86.3 Å². The summed E-state index contributed by atoms with van der Waals surface area (Å²) in [6.45, 7) is 8.34. The second-order valence-corrected chi connectivity index (χ2v) is 7.99. The highest BCUT2D eigenvalue weighted by Gasteiger charge is 2.28. The molecule has 140 valence electrons. The van der Waals surface area contributed by atoms with Crippen molar-refractivity contribution in [3.8, 4) is 5.88 Å². The van der Waals surface area contributed by atoms with Crippen molar-refractivity contribution in [2.75, 3.05) is 23.8 Å². The van der Waals surface area contributed by atoms with Crippen molar-refractivity contribution in [1.82, 2.24) is 14.5 Å². The minimum Gasteiger partial charge on any atom is -0.475 e. The fourth-order valence-electron chi connectivity index (χ4n) is 3.41. The van der Waals surface area contributed by atoms with E-state index in [4.69, 9.17) is 10.5 Å². The molecule has 0 saturated heterocycles. The normalized spacial score (nSPS) is 14.8. The lowest BCUT2D eigenvalue weighted by Crippen LogP contribution is -2.32. The smallest absolute Gasteiger partial charge is 0.267 e. The van der Waals surface area contributed by atoms with Crippen molar-refractivity contribution < 1.29 is 9.53 Å². The van der Waals surface area contributed by atoms with Crippen LogP contribution in [0.4, 0.5) is 11.5 Å². The number of nitrogens with zero attached hydrogens (tertiary/aromatic N) is 4. The summed E-state index contributed by atoms with van der Waals surface area (Å²) in [5.74, 6) is 0.135. The Kier molecular flexibility index (Phi) is 4.02. The van der Waals surface area contributed by atoms with E-state index in [1.165, 1.54) is 6.33 Å². The van der Waals surface area contributed by atoms with Crippen molar-refractivity contribution in [3.05, 3.63) is 42.4 Å². The summed E-state index contributed by atoms with van der Waals surface area (Å²) >= 11 is 0. The van der Waals surface area contributed by atoms with Gasteiger partial charge < -0.3 is 19.9 Å². The third-order valence-electron chi connectivity index (χ3n) is 4.57. The summed E-state index contributed by atoms with van der Waals surface area (Å²) in [7, 11) is 0. The summed E-state index contributed by atoms with van der Waals surface area (Å²) in [5.41, 5.74) is 8.27. The van der Waals surface area contributed by atoms with Crippen LogP contribution in [0.1, 0.15) is 31.1 Å². The Labute approximate surface area is 157 Å². The number of amides is 1. The molecule has 0 atom stereocenters. The highest BCUT2D eigenvalue weighted by molar-refractivity contribution is 6.11. The van der Waals surface area contributed by atoms with E-state index in [0.717, 1.165) is 23.1 Å². The van der Waals surface area contributed by atoms with E-state index in [2.05, 4.69) is 53.6 Å². The molecule has 0 fully saturated rings. The highest BCUT2D eigenvalue weighted by Crippen LogP contribution is 2.30. The fraction of sp³-hybridized carbons (Fsp3) is 0.350. The van der Waals surface area contributed by atoms with Gasteiger partial charge in [0.05, 0.1) is 6.54 Å². The lowest BCUT2D eigenvalue weighted by Gasteiger charge is -2.21. The first kappa shape index (κ1) is 17.3. The molecule has 0 unspecified atom stereocenters. The monoisotopic (exact) mass is 365 g/mol. The SMILES string of the molecule is CC(C)(C)Cn1ccc2cc(N3CCOc4ncnc(N)c4C3=O)ccc21. The maximum atomic E-state index is 13.1. The van der Waals surface area contributed by atoms with Gasteiger partial charge in [0.2, 0.25) is 5.88 Å². The average Bonchev–Trinajstić information content (AvgIpc) is 2.89. The first-order chi connectivity index (χ1) is 12.8. The standard InChI is InChI=1S/C20H23N5O2/c1-20(2,3)11-24-7-6-13-10-14(4-5-15(13)24)25-8-9-27-18-16(19(25)26)17(21)22-12-23-18/h4-7,10,12H,8-9,11H2,1-3H3,(H2,21,22,23). The molecule has 0 aliphatic carbocycles. The van der Waals surface area contributed by atoms with Crippen LogP contribution in [-0.4, -0.2) is 33.6 Å². The molecule has 3 heterocycles. The van der Waals surface area contributed by atoms with Gasteiger partial charge in [-0.15, -0.1) is 0 Å². The molecule has 0 radical (unpaired) electrons. The van der Waals surface area contributed by atoms with Crippen LogP contribution in [-0.2, 0) is 6.54 Å². The predicted molar refractivity (Wildman–Crippen MR) is 105 cm³/mol. The summed E-state index contributed by atoms with van der Waals surface area (Å²) in [6, 6.07) is 8.12. The molecule has 27 heavy (non-hydrogen) atoms. The van der Waals surface area contributed by atoms with E-state index < -0.39 is 0 Å². The zero-order valence-corrected chi connectivity index (χ0v) is 15.8. The number of nitrogen functional groups attached to an aromatic ring is 1. The quantitative estimate of drug-likeness (QED) is 0.754. The number of ether oxygens (including phenoxy) is 1. The van der Waals surface area contributed by atoms with Gasteiger partial charge in [-0.05, 0) is 29.7 Å². The van der Waals surface area contributed by atoms with Gasteiger partial charge >= 0.3 is 0 Å². The number of carbonyl (C=O) groups excluding carboxylic acids is 1. The third-order valence-corrected chi connectivity index (χ3v) is 4.57. The van der Waals surface area contributed by atoms with Gasteiger partial charge in [-0.3, -0.25) is 4.79 Å². The maximum absolute atomic E-state index is 13.1. The Balaban J connectivity index is 1.72. The lowest BCUT2D eigenvalue weighted by molar-refractivity contribution is 0.0990. The Morgan fingerprint density at radius 2 is 2.04 bits per heavy atom. The van der Waals surface area contributed by atoms with Gasteiger partial charge in [-0.1, -0.05) is 20.8 Å². The largest absolute Gasteiger partial charge is 0.475 e. The molecule has 0 saturated carbocycles. The highest BCUT2D eigenvalue weighted by atomic mass is 16.5. The average molecular weight is 365 g/mol. The molecular formula is C20H23N5O2. The Morgan fingerprint density at radius 1 is 1.22 bits per heavy atom. The molecule has 1 amide bonds. The van der Waals surface area contributed by atoms with Crippen molar-refractivity contribution >= 4 is 28.3 Å². The van der Waals surface area contributed by atoms with Crippen LogP contribution in [0.2, 0.25) is 0 Å². The van der Waals surface area contributed by atoms with Gasteiger partial charge in [0.1, 0.15) is 24.3 Å². The molecule has 0 bridgehead atoms. The fourth-order valence-corrected chi connectivity index (χ4v) is 3.41. The zero-order valence-electron chi connectivity index (χ0n) is 15.8. The Morgan fingerprint density at radius 3 is 2.81 bits per heavy atom. The molecule has 1 aliphatic rings.